The highest BCUT2D eigenvalue weighted by atomic mass is 19.1. The fourth-order valence-corrected chi connectivity index (χ4v) is 2.02. The molecule has 0 unspecified atom stereocenters. The largest absolute Gasteiger partial charge is 0.322 e. The van der Waals surface area contributed by atoms with E-state index in [1.807, 2.05) is 24.3 Å². The topological polar surface area (TPSA) is 32.3 Å². The molecule has 0 heterocycles. The molecule has 0 atom stereocenters. The van der Waals surface area contributed by atoms with Gasteiger partial charge in [-0.2, -0.15) is 0 Å². The lowest BCUT2D eigenvalue weighted by Gasteiger charge is -2.21. The first-order chi connectivity index (χ1) is 10.5. The number of anilines is 1. The van der Waals surface area contributed by atoms with Gasteiger partial charge in [-0.25, -0.2) is 4.39 Å². The zero-order chi connectivity index (χ0) is 16.1. The van der Waals surface area contributed by atoms with Crippen molar-refractivity contribution in [2.45, 2.75) is 26.4 Å². The van der Waals surface area contributed by atoms with E-state index in [0.717, 1.165) is 17.8 Å². The van der Waals surface area contributed by atoms with Crippen LogP contribution in [0.2, 0.25) is 0 Å². The number of carbonyl (C=O) groups excluding carboxylic acids is 1. The van der Waals surface area contributed by atoms with Crippen LogP contribution >= 0.6 is 0 Å². The summed E-state index contributed by atoms with van der Waals surface area (Å²) < 4.78 is 12.9. The fraction of sp³-hybridized carbons (Fsp3) is 0.278. The Bertz CT molecular complexity index is 638. The SMILES string of the molecule is CC(C)N(C)Cc1cccc(NC(=O)c2ccc(F)cc2)c1. The molecular formula is C18H21FN2O. The lowest BCUT2D eigenvalue weighted by molar-refractivity contribution is 0.102. The highest BCUT2D eigenvalue weighted by molar-refractivity contribution is 6.04. The van der Waals surface area contributed by atoms with Crippen molar-refractivity contribution in [2.75, 3.05) is 12.4 Å². The van der Waals surface area contributed by atoms with Gasteiger partial charge in [0.25, 0.3) is 5.91 Å². The molecule has 0 saturated heterocycles. The molecule has 0 aliphatic carbocycles. The molecule has 0 aliphatic rings. The average molecular weight is 300 g/mol. The Morgan fingerprint density at radius 3 is 2.50 bits per heavy atom. The standard InChI is InChI=1S/C18H21FN2O/c1-13(2)21(3)12-14-5-4-6-17(11-14)20-18(22)15-7-9-16(19)10-8-15/h4-11,13H,12H2,1-3H3,(H,20,22). The number of benzene rings is 2. The monoisotopic (exact) mass is 300 g/mol. The smallest absolute Gasteiger partial charge is 0.255 e. The van der Waals surface area contributed by atoms with Crippen LogP contribution in [-0.2, 0) is 6.54 Å². The Morgan fingerprint density at radius 2 is 1.86 bits per heavy atom. The van der Waals surface area contributed by atoms with Crippen LogP contribution in [0.1, 0.15) is 29.8 Å². The van der Waals surface area contributed by atoms with Crippen molar-refractivity contribution in [2.24, 2.45) is 0 Å². The molecule has 0 saturated carbocycles. The summed E-state index contributed by atoms with van der Waals surface area (Å²) >= 11 is 0. The second-order valence-electron chi connectivity index (χ2n) is 5.67. The predicted octanol–water partition coefficient (Wildman–Crippen LogP) is 3.92. The molecule has 1 amide bonds. The lowest BCUT2D eigenvalue weighted by Crippen LogP contribution is -2.25. The van der Waals surface area contributed by atoms with E-state index in [1.165, 1.54) is 24.3 Å². The summed E-state index contributed by atoms with van der Waals surface area (Å²) in [4.78, 5) is 14.3. The summed E-state index contributed by atoms with van der Waals surface area (Å²) in [5, 5.41) is 2.84. The van der Waals surface area contributed by atoms with Crippen LogP contribution < -0.4 is 5.32 Å². The van der Waals surface area contributed by atoms with E-state index in [4.69, 9.17) is 0 Å². The molecule has 2 aromatic rings. The predicted molar refractivity (Wildman–Crippen MR) is 87.4 cm³/mol. The zero-order valence-electron chi connectivity index (χ0n) is 13.1. The first-order valence-corrected chi connectivity index (χ1v) is 7.32. The Labute approximate surface area is 130 Å². The minimum atomic E-state index is -0.352. The van der Waals surface area contributed by atoms with E-state index in [0.29, 0.717) is 11.6 Å². The first kappa shape index (κ1) is 16.2. The molecule has 0 fully saturated rings. The van der Waals surface area contributed by atoms with Crippen molar-refractivity contribution < 1.29 is 9.18 Å². The van der Waals surface area contributed by atoms with Gasteiger partial charge in [-0.05, 0) is 62.9 Å². The van der Waals surface area contributed by atoms with Crippen LogP contribution in [0, 0.1) is 5.82 Å². The Hall–Kier alpha value is -2.20. The summed E-state index contributed by atoms with van der Waals surface area (Å²) in [7, 11) is 2.06. The summed E-state index contributed by atoms with van der Waals surface area (Å²) in [6.45, 7) is 5.10. The first-order valence-electron chi connectivity index (χ1n) is 7.32. The molecule has 2 rings (SSSR count). The molecule has 0 aliphatic heterocycles. The number of nitrogens with one attached hydrogen (secondary N) is 1. The second kappa shape index (κ2) is 7.18. The molecule has 22 heavy (non-hydrogen) atoms. The average Bonchev–Trinajstić information content (AvgIpc) is 2.48. The van der Waals surface area contributed by atoms with Crippen LogP contribution in [0.15, 0.2) is 48.5 Å². The molecule has 0 aromatic heterocycles. The lowest BCUT2D eigenvalue weighted by atomic mass is 10.1. The molecule has 3 nitrogen and oxygen atoms in total. The van der Waals surface area contributed by atoms with Gasteiger partial charge >= 0.3 is 0 Å². The van der Waals surface area contributed by atoms with E-state index in [1.54, 1.807) is 0 Å². The van der Waals surface area contributed by atoms with Crippen molar-refractivity contribution in [3.8, 4) is 0 Å². The molecule has 1 N–H and O–H groups in total. The summed E-state index contributed by atoms with van der Waals surface area (Å²) in [5.41, 5.74) is 2.31. The van der Waals surface area contributed by atoms with Crippen LogP contribution in [0.4, 0.5) is 10.1 Å². The van der Waals surface area contributed by atoms with Gasteiger partial charge in [0.1, 0.15) is 5.82 Å². The van der Waals surface area contributed by atoms with Crippen molar-refractivity contribution in [1.82, 2.24) is 4.90 Å². The van der Waals surface area contributed by atoms with Crippen LogP contribution in [0.3, 0.4) is 0 Å². The van der Waals surface area contributed by atoms with Crippen LogP contribution in [-0.4, -0.2) is 23.9 Å². The van der Waals surface area contributed by atoms with Crippen LogP contribution in [0.25, 0.3) is 0 Å². The second-order valence-corrected chi connectivity index (χ2v) is 5.67. The normalized spacial score (nSPS) is 11.0. The Morgan fingerprint density at radius 1 is 1.18 bits per heavy atom. The van der Waals surface area contributed by atoms with Crippen molar-refractivity contribution >= 4 is 11.6 Å². The third kappa shape index (κ3) is 4.40. The van der Waals surface area contributed by atoms with Gasteiger partial charge in [0.2, 0.25) is 0 Å². The van der Waals surface area contributed by atoms with Gasteiger partial charge in [0, 0.05) is 23.8 Å². The van der Waals surface area contributed by atoms with Gasteiger partial charge in [-0.1, -0.05) is 12.1 Å². The Kier molecular flexibility index (Phi) is 5.28. The van der Waals surface area contributed by atoms with Gasteiger partial charge < -0.3 is 5.32 Å². The van der Waals surface area contributed by atoms with Crippen LogP contribution in [0.5, 0.6) is 0 Å². The number of nitrogens with zero attached hydrogens (tertiary/aromatic N) is 1. The van der Waals surface area contributed by atoms with Crippen molar-refractivity contribution in [1.29, 1.82) is 0 Å². The maximum Gasteiger partial charge on any atom is 0.255 e. The molecule has 116 valence electrons. The molecule has 0 bridgehead atoms. The number of halogens is 1. The third-order valence-corrected chi connectivity index (χ3v) is 3.60. The maximum absolute atomic E-state index is 12.9. The highest BCUT2D eigenvalue weighted by Crippen LogP contribution is 2.14. The number of hydrogen-bond acceptors (Lipinski definition) is 2. The quantitative estimate of drug-likeness (QED) is 0.907. The van der Waals surface area contributed by atoms with Gasteiger partial charge in [-0.15, -0.1) is 0 Å². The van der Waals surface area contributed by atoms with Crippen molar-refractivity contribution in [3.63, 3.8) is 0 Å². The van der Waals surface area contributed by atoms with E-state index < -0.39 is 0 Å². The summed E-state index contributed by atoms with van der Waals surface area (Å²) in [5.74, 6) is -0.593. The van der Waals surface area contributed by atoms with Crippen molar-refractivity contribution in [3.05, 3.63) is 65.5 Å². The number of amides is 1. The van der Waals surface area contributed by atoms with E-state index >= 15 is 0 Å². The molecular weight excluding hydrogens is 279 g/mol. The van der Waals surface area contributed by atoms with E-state index in [-0.39, 0.29) is 11.7 Å². The Balaban J connectivity index is 2.06. The summed E-state index contributed by atoms with van der Waals surface area (Å²) in [6, 6.07) is 13.7. The van der Waals surface area contributed by atoms with Gasteiger partial charge in [-0.3, -0.25) is 9.69 Å². The molecule has 4 heteroatoms. The van der Waals surface area contributed by atoms with E-state index in [9.17, 15) is 9.18 Å². The molecule has 0 radical (unpaired) electrons. The number of rotatable bonds is 5. The third-order valence-electron chi connectivity index (χ3n) is 3.60. The van der Waals surface area contributed by atoms with Gasteiger partial charge in [0.15, 0.2) is 0 Å². The minimum absolute atomic E-state index is 0.241. The zero-order valence-corrected chi connectivity index (χ0v) is 13.1. The minimum Gasteiger partial charge on any atom is -0.322 e. The number of carbonyl (C=O) groups is 1. The highest BCUT2D eigenvalue weighted by Gasteiger charge is 2.08. The maximum atomic E-state index is 12.9. The van der Waals surface area contributed by atoms with Gasteiger partial charge in [0.05, 0.1) is 0 Å². The molecule has 2 aromatic carbocycles. The molecule has 0 spiro atoms. The fourth-order valence-electron chi connectivity index (χ4n) is 2.02. The number of hydrogen-bond donors (Lipinski definition) is 1. The summed E-state index contributed by atoms with van der Waals surface area (Å²) in [6.07, 6.45) is 0. The van der Waals surface area contributed by atoms with E-state index in [2.05, 4.69) is 31.1 Å².